The van der Waals surface area contributed by atoms with E-state index in [1.165, 1.54) is 40.4 Å². The standard InChI is InChI=1S/C18H18N4S.C3H6O.3C2H6/c1-10-5-7-14(8-6-10)17-16-11(2)12(3)23-18(16)22-13(4)20-21-15(22)9-19-17;1-3(2)4;3*1-2/h5-8H,9H2,1-4H3;1-2H3;3*1-2H3. The van der Waals surface area contributed by atoms with E-state index < -0.39 is 0 Å². The highest BCUT2D eigenvalue weighted by molar-refractivity contribution is 7.15. The molecule has 33 heavy (non-hydrogen) atoms. The van der Waals surface area contributed by atoms with Crippen LogP contribution < -0.4 is 0 Å². The molecule has 182 valence electrons. The normalized spacial score (nSPS) is 10.6. The Kier molecular flexibility index (Phi) is 14.1. The highest BCUT2D eigenvalue weighted by Crippen LogP contribution is 2.36. The molecule has 0 radical (unpaired) electrons. The molecule has 0 bridgehead atoms. The van der Waals surface area contributed by atoms with Crippen LogP contribution >= 0.6 is 11.3 Å². The highest BCUT2D eigenvalue weighted by Gasteiger charge is 2.26. The lowest BCUT2D eigenvalue weighted by Crippen LogP contribution is -2.07. The maximum absolute atomic E-state index is 9.44. The Morgan fingerprint density at radius 3 is 1.91 bits per heavy atom. The zero-order valence-corrected chi connectivity index (χ0v) is 23.4. The topological polar surface area (TPSA) is 60.1 Å². The fraction of sp³-hybridized carbons (Fsp3) is 0.481. The minimum Gasteiger partial charge on any atom is -0.300 e. The fourth-order valence-electron chi connectivity index (χ4n) is 2.99. The van der Waals surface area contributed by atoms with Gasteiger partial charge >= 0.3 is 0 Å². The predicted octanol–water partition coefficient (Wildman–Crippen LogP) is 7.59. The number of benzene rings is 1. The molecule has 0 atom stereocenters. The van der Waals surface area contributed by atoms with Crippen LogP contribution in [0.1, 0.15) is 94.2 Å². The van der Waals surface area contributed by atoms with Crippen LogP contribution in [-0.4, -0.2) is 26.3 Å². The number of carbonyl (C=O) groups excluding carboxylic acids is 1. The molecule has 4 rings (SSSR count). The lowest BCUT2D eigenvalue weighted by Gasteiger charge is -2.09. The monoisotopic (exact) mass is 470 g/mol. The lowest BCUT2D eigenvalue weighted by molar-refractivity contribution is -0.114. The Hall–Kier alpha value is -2.60. The van der Waals surface area contributed by atoms with Gasteiger partial charge in [0.25, 0.3) is 0 Å². The van der Waals surface area contributed by atoms with Gasteiger partial charge in [-0.1, -0.05) is 71.4 Å². The minimum absolute atomic E-state index is 0.167. The lowest BCUT2D eigenvalue weighted by atomic mass is 9.99. The van der Waals surface area contributed by atoms with Gasteiger partial charge in [0.2, 0.25) is 0 Å². The number of Topliss-reactive ketones (excluding diaryl/α,β-unsaturated/α-hetero) is 1. The number of ketones is 1. The number of aromatic nitrogens is 3. The minimum atomic E-state index is 0.167. The van der Waals surface area contributed by atoms with Crippen LogP contribution in [0.15, 0.2) is 29.3 Å². The molecule has 0 fully saturated rings. The van der Waals surface area contributed by atoms with Crippen LogP contribution in [0.3, 0.4) is 0 Å². The van der Waals surface area contributed by atoms with E-state index in [2.05, 4.69) is 59.8 Å². The number of hydrogen-bond acceptors (Lipinski definition) is 5. The first-order valence-corrected chi connectivity index (χ1v) is 12.7. The molecule has 0 saturated carbocycles. The summed E-state index contributed by atoms with van der Waals surface area (Å²) in [5.41, 5.74) is 6.00. The van der Waals surface area contributed by atoms with Gasteiger partial charge in [-0.25, -0.2) is 0 Å². The summed E-state index contributed by atoms with van der Waals surface area (Å²) in [5.74, 6) is 2.00. The van der Waals surface area contributed by atoms with Crippen LogP contribution in [0.2, 0.25) is 0 Å². The van der Waals surface area contributed by atoms with Gasteiger partial charge in [-0.05, 0) is 47.1 Å². The van der Waals surface area contributed by atoms with Crippen molar-refractivity contribution < 1.29 is 4.79 Å². The third-order valence-electron chi connectivity index (χ3n) is 4.40. The predicted molar refractivity (Wildman–Crippen MR) is 144 cm³/mol. The number of aryl methyl sites for hydroxylation is 3. The molecule has 0 spiro atoms. The van der Waals surface area contributed by atoms with E-state index in [0.717, 1.165) is 22.9 Å². The molecule has 0 N–H and O–H groups in total. The first-order chi connectivity index (χ1) is 15.8. The molecule has 3 aromatic rings. The maximum Gasteiger partial charge on any atom is 0.160 e. The van der Waals surface area contributed by atoms with Crippen molar-refractivity contribution in [3.63, 3.8) is 0 Å². The van der Waals surface area contributed by atoms with E-state index in [0.29, 0.717) is 6.54 Å². The number of rotatable bonds is 1. The van der Waals surface area contributed by atoms with Gasteiger partial charge in [-0.15, -0.1) is 21.5 Å². The molecule has 1 aliphatic heterocycles. The molecule has 6 heteroatoms. The second kappa shape index (κ2) is 15.3. The van der Waals surface area contributed by atoms with E-state index >= 15 is 0 Å². The van der Waals surface area contributed by atoms with Crippen molar-refractivity contribution >= 4 is 22.8 Å². The first-order valence-electron chi connectivity index (χ1n) is 11.9. The van der Waals surface area contributed by atoms with Crippen molar-refractivity contribution in [3.05, 3.63) is 63.0 Å². The zero-order chi connectivity index (χ0) is 25.7. The molecule has 1 aliphatic rings. The van der Waals surface area contributed by atoms with E-state index in [9.17, 15) is 4.79 Å². The smallest absolute Gasteiger partial charge is 0.160 e. The first kappa shape index (κ1) is 30.4. The van der Waals surface area contributed by atoms with Crippen LogP contribution in [0.4, 0.5) is 0 Å². The van der Waals surface area contributed by atoms with Crippen molar-refractivity contribution in [2.24, 2.45) is 4.99 Å². The summed E-state index contributed by atoms with van der Waals surface area (Å²) in [4.78, 5) is 15.7. The summed E-state index contributed by atoms with van der Waals surface area (Å²) in [5, 5.41) is 9.74. The van der Waals surface area contributed by atoms with Crippen molar-refractivity contribution in [1.82, 2.24) is 14.8 Å². The number of thiophene rings is 1. The Morgan fingerprint density at radius 1 is 0.879 bits per heavy atom. The average Bonchev–Trinajstić information content (AvgIpc) is 3.26. The Morgan fingerprint density at radius 2 is 1.39 bits per heavy atom. The summed E-state index contributed by atoms with van der Waals surface area (Å²) in [7, 11) is 0. The van der Waals surface area contributed by atoms with Gasteiger partial charge in [-0.3, -0.25) is 9.56 Å². The molecular weight excluding hydrogens is 428 g/mol. The average molecular weight is 471 g/mol. The third kappa shape index (κ3) is 7.74. The molecule has 0 unspecified atom stereocenters. The summed E-state index contributed by atoms with van der Waals surface area (Å²) in [6, 6.07) is 8.60. The number of hydrogen-bond donors (Lipinski definition) is 0. The quantitative estimate of drug-likeness (QED) is 0.368. The molecule has 3 heterocycles. The van der Waals surface area contributed by atoms with Gasteiger partial charge in [0.05, 0.1) is 5.71 Å². The molecule has 0 amide bonds. The van der Waals surface area contributed by atoms with Gasteiger partial charge < -0.3 is 4.79 Å². The maximum atomic E-state index is 9.44. The summed E-state index contributed by atoms with van der Waals surface area (Å²) in [6.07, 6.45) is 0. The van der Waals surface area contributed by atoms with Gasteiger partial charge in [-0.2, -0.15) is 0 Å². The molecule has 5 nitrogen and oxygen atoms in total. The largest absolute Gasteiger partial charge is 0.300 e. The van der Waals surface area contributed by atoms with Crippen molar-refractivity contribution in [2.45, 2.75) is 89.6 Å². The van der Waals surface area contributed by atoms with Crippen molar-refractivity contribution in [3.8, 4) is 5.00 Å². The molecule has 2 aromatic heterocycles. The number of fused-ring (bicyclic) bond motifs is 3. The van der Waals surface area contributed by atoms with Crippen LogP contribution in [0.25, 0.3) is 5.00 Å². The van der Waals surface area contributed by atoms with E-state index in [1.54, 1.807) is 11.3 Å². The number of aliphatic imine (C=N–C) groups is 1. The van der Waals surface area contributed by atoms with Gasteiger partial charge in [0.1, 0.15) is 23.2 Å². The Balaban J connectivity index is 0.000000896. The highest BCUT2D eigenvalue weighted by atomic mass is 32.1. The third-order valence-corrected chi connectivity index (χ3v) is 5.59. The van der Waals surface area contributed by atoms with E-state index in [4.69, 9.17) is 4.99 Å². The van der Waals surface area contributed by atoms with Crippen molar-refractivity contribution in [2.75, 3.05) is 0 Å². The fourth-order valence-corrected chi connectivity index (χ4v) is 4.22. The van der Waals surface area contributed by atoms with Crippen LogP contribution in [0, 0.1) is 27.7 Å². The van der Waals surface area contributed by atoms with Crippen LogP contribution in [0.5, 0.6) is 0 Å². The number of nitrogens with zero attached hydrogens (tertiary/aromatic N) is 4. The van der Waals surface area contributed by atoms with Gasteiger partial charge in [0.15, 0.2) is 5.82 Å². The van der Waals surface area contributed by atoms with Crippen molar-refractivity contribution in [1.29, 1.82) is 0 Å². The molecular formula is C27H42N4OS. The summed E-state index contributed by atoms with van der Waals surface area (Å²) >= 11 is 1.80. The Labute approximate surface area is 205 Å². The van der Waals surface area contributed by atoms with E-state index in [-0.39, 0.29) is 5.78 Å². The number of carbonyl (C=O) groups is 1. The van der Waals surface area contributed by atoms with Crippen LogP contribution in [-0.2, 0) is 11.3 Å². The van der Waals surface area contributed by atoms with Gasteiger partial charge in [0, 0.05) is 16.0 Å². The Bertz CT molecular complexity index is 1020. The summed E-state index contributed by atoms with van der Waals surface area (Å²) in [6.45, 7) is 24.1. The molecule has 0 aliphatic carbocycles. The second-order valence-corrected chi connectivity index (χ2v) is 8.10. The molecule has 1 aromatic carbocycles. The SMILES string of the molecule is CC.CC.CC.CC(C)=O.Cc1ccc(C2=NCc3nnc(C)n3-c3sc(C)c(C)c32)cc1. The van der Waals surface area contributed by atoms with E-state index in [1.807, 2.05) is 48.5 Å². The second-order valence-electron chi connectivity index (χ2n) is 6.90. The molecule has 0 saturated heterocycles. The zero-order valence-electron chi connectivity index (χ0n) is 22.6. The summed E-state index contributed by atoms with van der Waals surface area (Å²) < 4.78 is 2.16.